The van der Waals surface area contributed by atoms with E-state index < -0.39 is 26.9 Å². The Bertz CT molecular complexity index is 528. The molecule has 0 aromatic rings. The molecule has 5 atom stereocenters. The minimum absolute atomic E-state index is 0.0486. The number of carbonyl (C=O) groups excluding carboxylic acids is 1. The third-order valence-electron chi connectivity index (χ3n) is 5.34. The summed E-state index contributed by atoms with van der Waals surface area (Å²) in [6.45, 7) is 3.26. The van der Waals surface area contributed by atoms with Crippen LogP contribution in [0.2, 0.25) is 0 Å². The Hall–Kier alpha value is -0.660. The van der Waals surface area contributed by atoms with E-state index in [0.29, 0.717) is 12.8 Å². The third kappa shape index (κ3) is 1.49. The highest BCUT2D eigenvalue weighted by Crippen LogP contribution is 2.70. The minimum Gasteiger partial charge on any atom is -0.465 e. The Morgan fingerprint density at radius 3 is 2.74 bits per heavy atom. The molecule has 0 aromatic carbocycles. The largest absolute Gasteiger partial charge is 0.465 e. The van der Waals surface area contributed by atoms with Crippen molar-refractivity contribution in [1.29, 1.82) is 0 Å². The lowest BCUT2D eigenvalue weighted by Crippen LogP contribution is -2.44. The Balaban J connectivity index is 1.99. The van der Waals surface area contributed by atoms with Crippen molar-refractivity contribution in [1.82, 2.24) is 0 Å². The molecule has 2 saturated carbocycles. The Morgan fingerprint density at radius 2 is 2.21 bits per heavy atom. The number of carbonyl (C=O) groups is 1. The summed E-state index contributed by atoms with van der Waals surface area (Å²) in [4.78, 5) is 11.0. The molecule has 1 N–H and O–H groups in total. The molecule has 1 saturated heterocycles. The summed E-state index contributed by atoms with van der Waals surface area (Å²) in [7, 11) is -3.61. The zero-order chi connectivity index (χ0) is 14.1. The van der Waals surface area contributed by atoms with Crippen molar-refractivity contribution >= 4 is 16.1 Å². The first-order valence-electron chi connectivity index (χ1n) is 6.44. The number of ether oxygens (including phenoxy) is 1. The molecule has 6 nitrogen and oxygen atoms in total. The maximum Gasteiger partial charge on any atom is 0.302 e. The van der Waals surface area contributed by atoms with Gasteiger partial charge in [-0.3, -0.25) is 8.98 Å². The summed E-state index contributed by atoms with van der Waals surface area (Å²) < 4.78 is 34.4. The Labute approximate surface area is 112 Å². The van der Waals surface area contributed by atoms with E-state index >= 15 is 0 Å². The first kappa shape index (κ1) is 13.3. The van der Waals surface area contributed by atoms with Crippen LogP contribution in [0, 0.1) is 16.7 Å². The molecule has 0 spiro atoms. The van der Waals surface area contributed by atoms with Gasteiger partial charge in [-0.05, 0) is 18.8 Å². The van der Waals surface area contributed by atoms with Gasteiger partial charge in [0, 0.05) is 17.8 Å². The fourth-order valence-electron chi connectivity index (χ4n) is 4.38. The Kier molecular flexibility index (Phi) is 2.60. The highest BCUT2D eigenvalue weighted by molar-refractivity contribution is 7.87. The normalized spacial score (nSPS) is 49.5. The lowest BCUT2D eigenvalue weighted by atomic mass is 9.73. The molecule has 19 heavy (non-hydrogen) atoms. The van der Waals surface area contributed by atoms with Gasteiger partial charge in [-0.15, -0.1) is 0 Å². The van der Waals surface area contributed by atoms with Crippen LogP contribution in [-0.2, 0) is 23.8 Å². The van der Waals surface area contributed by atoms with Crippen LogP contribution < -0.4 is 0 Å². The van der Waals surface area contributed by atoms with Gasteiger partial charge in [-0.2, -0.15) is 8.42 Å². The van der Waals surface area contributed by atoms with E-state index in [1.165, 1.54) is 6.92 Å². The lowest BCUT2D eigenvalue weighted by Gasteiger charge is -2.35. The number of aliphatic hydroxyl groups excluding tert-OH is 1. The molecule has 3 fully saturated rings. The van der Waals surface area contributed by atoms with Crippen molar-refractivity contribution in [3.63, 3.8) is 0 Å². The van der Waals surface area contributed by atoms with Gasteiger partial charge in [-0.1, -0.05) is 6.92 Å². The second-order valence-corrected chi connectivity index (χ2v) is 7.95. The van der Waals surface area contributed by atoms with Crippen molar-refractivity contribution in [2.75, 3.05) is 13.2 Å². The van der Waals surface area contributed by atoms with E-state index in [9.17, 15) is 18.3 Å². The second-order valence-electron chi connectivity index (χ2n) is 6.20. The molecule has 3 aliphatic rings. The van der Waals surface area contributed by atoms with Gasteiger partial charge in [0.25, 0.3) is 10.1 Å². The SMILES string of the molecule is CC(=O)OCC12CC3C(CO)(C1)C(OS3(=O)=O)C2C. The van der Waals surface area contributed by atoms with E-state index in [2.05, 4.69) is 0 Å². The zero-order valence-corrected chi connectivity index (χ0v) is 11.8. The zero-order valence-electron chi connectivity index (χ0n) is 11.0. The number of esters is 1. The van der Waals surface area contributed by atoms with Gasteiger partial charge in [0.2, 0.25) is 0 Å². The molecule has 0 radical (unpaired) electrons. The average Bonchev–Trinajstić information content (AvgIpc) is 2.84. The van der Waals surface area contributed by atoms with Crippen molar-refractivity contribution in [2.45, 2.75) is 38.0 Å². The molecule has 7 heteroatoms. The fourth-order valence-corrected chi connectivity index (χ4v) is 6.56. The van der Waals surface area contributed by atoms with Crippen molar-refractivity contribution < 1.29 is 27.2 Å². The minimum atomic E-state index is -3.61. The molecule has 5 unspecified atom stereocenters. The predicted octanol–water partition coefficient (Wildman–Crippen LogP) is 0.0553. The van der Waals surface area contributed by atoms with Gasteiger partial charge < -0.3 is 9.84 Å². The summed E-state index contributed by atoms with van der Waals surface area (Å²) in [5.74, 6) is -0.418. The molecule has 2 bridgehead atoms. The number of rotatable bonds is 3. The molecule has 0 aromatic heterocycles. The molecule has 0 amide bonds. The van der Waals surface area contributed by atoms with E-state index in [-0.39, 0.29) is 30.5 Å². The van der Waals surface area contributed by atoms with E-state index in [4.69, 9.17) is 8.92 Å². The smallest absolute Gasteiger partial charge is 0.302 e. The molecular formula is C12H18O6S. The lowest BCUT2D eigenvalue weighted by molar-refractivity contribution is -0.145. The number of hydrogen-bond donors (Lipinski definition) is 1. The van der Waals surface area contributed by atoms with Gasteiger partial charge in [-0.25, -0.2) is 0 Å². The van der Waals surface area contributed by atoms with Crippen LogP contribution in [0.15, 0.2) is 0 Å². The van der Waals surface area contributed by atoms with Crippen LogP contribution in [0.3, 0.4) is 0 Å². The maximum atomic E-state index is 12.0. The number of aliphatic hydroxyl groups is 1. The quantitative estimate of drug-likeness (QED) is 0.584. The summed E-state index contributed by atoms with van der Waals surface area (Å²) in [6.07, 6.45) is 0.456. The summed E-state index contributed by atoms with van der Waals surface area (Å²) in [5.41, 5.74) is -1.09. The van der Waals surface area contributed by atoms with Gasteiger partial charge in [0.15, 0.2) is 0 Å². The van der Waals surface area contributed by atoms with Crippen LogP contribution >= 0.6 is 0 Å². The average molecular weight is 290 g/mol. The molecular weight excluding hydrogens is 272 g/mol. The van der Waals surface area contributed by atoms with Crippen molar-refractivity contribution in [2.24, 2.45) is 16.7 Å². The standard InChI is InChI=1S/C12H18O6S/c1-7-10-12(5-13)4-11(7,6-17-8(2)14)3-9(12)19(15,16)18-10/h7,9-10,13H,3-6H2,1-2H3. The molecule has 1 heterocycles. The topological polar surface area (TPSA) is 89.9 Å². The maximum absolute atomic E-state index is 12.0. The second kappa shape index (κ2) is 3.71. The van der Waals surface area contributed by atoms with Crippen LogP contribution in [-0.4, -0.2) is 44.1 Å². The van der Waals surface area contributed by atoms with Crippen LogP contribution in [0.4, 0.5) is 0 Å². The molecule has 3 rings (SSSR count). The summed E-state index contributed by atoms with van der Waals surface area (Å²) in [5, 5.41) is 9.05. The summed E-state index contributed by atoms with van der Waals surface area (Å²) in [6, 6.07) is 0. The highest BCUT2D eigenvalue weighted by atomic mass is 32.2. The first-order valence-corrected chi connectivity index (χ1v) is 7.91. The highest BCUT2D eigenvalue weighted by Gasteiger charge is 2.77. The number of fused-ring (bicyclic) bond motifs is 1. The third-order valence-corrected chi connectivity index (χ3v) is 7.15. The molecule has 108 valence electrons. The Morgan fingerprint density at radius 1 is 1.53 bits per heavy atom. The first-order chi connectivity index (χ1) is 8.77. The monoisotopic (exact) mass is 290 g/mol. The van der Waals surface area contributed by atoms with Crippen molar-refractivity contribution in [3.8, 4) is 0 Å². The molecule has 2 aliphatic carbocycles. The van der Waals surface area contributed by atoms with Crippen LogP contribution in [0.5, 0.6) is 0 Å². The van der Waals surface area contributed by atoms with E-state index in [0.717, 1.165) is 0 Å². The van der Waals surface area contributed by atoms with Crippen LogP contribution in [0.1, 0.15) is 26.7 Å². The van der Waals surface area contributed by atoms with Gasteiger partial charge in [0.1, 0.15) is 0 Å². The predicted molar refractivity (Wildman–Crippen MR) is 64.6 cm³/mol. The number of hydrogen-bond acceptors (Lipinski definition) is 6. The fraction of sp³-hybridized carbons (Fsp3) is 0.917. The molecule has 1 aliphatic heterocycles. The van der Waals surface area contributed by atoms with Gasteiger partial charge >= 0.3 is 5.97 Å². The van der Waals surface area contributed by atoms with Gasteiger partial charge in [0.05, 0.1) is 24.6 Å². The van der Waals surface area contributed by atoms with Crippen LogP contribution in [0.25, 0.3) is 0 Å². The summed E-state index contributed by atoms with van der Waals surface area (Å²) >= 11 is 0. The van der Waals surface area contributed by atoms with E-state index in [1.54, 1.807) is 0 Å². The van der Waals surface area contributed by atoms with Crippen molar-refractivity contribution in [3.05, 3.63) is 0 Å². The van der Waals surface area contributed by atoms with E-state index in [1.807, 2.05) is 6.92 Å².